The molecule has 0 spiro atoms. The number of allylic oxidation sites excluding steroid dienone is 1. The van der Waals surface area contributed by atoms with Crippen LogP contribution in [0.25, 0.3) is 0 Å². The summed E-state index contributed by atoms with van der Waals surface area (Å²) in [5, 5.41) is 5.44. The number of likely N-dealkylation sites (N-methyl/N-ethyl adjacent to an activating group) is 1. The highest BCUT2D eigenvalue weighted by Crippen LogP contribution is 2.38. The number of rotatable bonds is 5. The van der Waals surface area contributed by atoms with Crippen molar-refractivity contribution >= 4 is 23.5 Å². The highest BCUT2D eigenvalue weighted by atomic mass is 32.2. The Morgan fingerprint density at radius 3 is 2.84 bits per heavy atom. The lowest BCUT2D eigenvalue weighted by molar-refractivity contribution is 0.528. The van der Waals surface area contributed by atoms with E-state index in [4.69, 9.17) is 0 Å². The highest BCUT2D eigenvalue weighted by molar-refractivity contribution is 8.07. The van der Waals surface area contributed by atoms with Crippen LogP contribution in [0.4, 0.5) is 0 Å². The van der Waals surface area contributed by atoms with Crippen molar-refractivity contribution in [3.63, 3.8) is 0 Å². The van der Waals surface area contributed by atoms with Gasteiger partial charge in [-0.05, 0) is 38.6 Å². The summed E-state index contributed by atoms with van der Waals surface area (Å²) < 4.78 is 0. The Balaban J connectivity index is 2.10. The Morgan fingerprint density at radius 1 is 1.21 bits per heavy atom. The van der Waals surface area contributed by atoms with E-state index in [1.807, 2.05) is 0 Å². The minimum Gasteiger partial charge on any atom is -0.310 e. The van der Waals surface area contributed by atoms with Gasteiger partial charge < -0.3 is 5.32 Å². The van der Waals surface area contributed by atoms with Crippen molar-refractivity contribution in [2.75, 3.05) is 18.1 Å². The lowest BCUT2D eigenvalue weighted by atomic mass is 9.96. The van der Waals surface area contributed by atoms with Gasteiger partial charge in [0.2, 0.25) is 0 Å². The van der Waals surface area contributed by atoms with E-state index in [0.29, 0.717) is 6.04 Å². The second-order valence-corrected chi connectivity index (χ2v) is 8.20. The van der Waals surface area contributed by atoms with Gasteiger partial charge in [0, 0.05) is 28.0 Å². The molecule has 2 rings (SSSR count). The minimum atomic E-state index is 0.630. The molecule has 1 N–H and O–H groups in total. The number of thioether (sulfide) groups is 2. The van der Waals surface area contributed by atoms with Gasteiger partial charge >= 0.3 is 0 Å². The maximum atomic E-state index is 3.81. The van der Waals surface area contributed by atoms with E-state index in [1.165, 1.54) is 50.0 Å². The molecule has 3 heteroatoms. The zero-order valence-electron chi connectivity index (χ0n) is 12.5. The van der Waals surface area contributed by atoms with Crippen molar-refractivity contribution in [2.24, 2.45) is 0 Å². The molecule has 110 valence electrons. The standard InChI is InChI=1S/C16H29NS2/c1-3-14-16(19-12-11-18-14)15(17-4-2)13-9-7-5-6-8-10-13/h9,14-17H,3-8,10-12H2,1-2H3. The highest BCUT2D eigenvalue weighted by Gasteiger charge is 2.33. The molecule has 0 saturated carbocycles. The molecule has 3 unspecified atom stereocenters. The fourth-order valence-electron chi connectivity index (χ4n) is 3.25. The maximum absolute atomic E-state index is 3.81. The van der Waals surface area contributed by atoms with Crippen molar-refractivity contribution in [2.45, 2.75) is 68.9 Å². The average Bonchev–Trinajstić information content (AvgIpc) is 2.74. The smallest absolute Gasteiger partial charge is 0.0410 e. The summed E-state index contributed by atoms with van der Waals surface area (Å²) in [7, 11) is 0. The molecule has 1 aliphatic carbocycles. The average molecular weight is 300 g/mol. The van der Waals surface area contributed by atoms with E-state index in [2.05, 4.69) is 48.8 Å². The minimum absolute atomic E-state index is 0.630. The first-order valence-corrected chi connectivity index (χ1v) is 10.1. The molecule has 19 heavy (non-hydrogen) atoms. The molecule has 2 aliphatic rings. The summed E-state index contributed by atoms with van der Waals surface area (Å²) in [6.45, 7) is 5.72. The molecule has 1 heterocycles. The van der Waals surface area contributed by atoms with Crippen LogP contribution >= 0.6 is 23.5 Å². The zero-order chi connectivity index (χ0) is 13.5. The third-order valence-corrected chi connectivity index (χ3v) is 7.57. The topological polar surface area (TPSA) is 12.0 Å². The fourth-order valence-corrected chi connectivity index (χ4v) is 6.52. The van der Waals surface area contributed by atoms with Crippen LogP contribution in [0.5, 0.6) is 0 Å². The third-order valence-electron chi connectivity index (χ3n) is 4.22. The molecule has 0 aromatic carbocycles. The van der Waals surface area contributed by atoms with Gasteiger partial charge in [-0.3, -0.25) is 0 Å². The van der Waals surface area contributed by atoms with Gasteiger partial charge in [-0.2, -0.15) is 23.5 Å². The summed E-state index contributed by atoms with van der Waals surface area (Å²) in [4.78, 5) is 0. The Bertz CT molecular complexity index is 290. The van der Waals surface area contributed by atoms with Crippen molar-refractivity contribution in [1.29, 1.82) is 0 Å². The van der Waals surface area contributed by atoms with Crippen molar-refractivity contribution in [3.05, 3.63) is 11.6 Å². The molecule has 0 amide bonds. The maximum Gasteiger partial charge on any atom is 0.0410 e. The summed E-state index contributed by atoms with van der Waals surface area (Å²) >= 11 is 4.43. The quantitative estimate of drug-likeness (QED) is 0.752. The van der Waals surface area contributed by atoms with Crippen LogP contribution in [0, 0.1) is 0 Å². The van der Waals surface area contributed by atoms with E-state index >= 15 is 0 Å². The SMILES string of the molecule is CCNC(C1=CCCCCC1)C1SCCSC1CC. The largest absolute Gasteiger partial charge is 0.310 e. The zero-order valence-corrected chi connectivity index (χ0v) is 14.1. The summed E-state index contributed by atoms with van der Waals surface area (Å²) in [6.07, 6.45) is 10.7. The molecule has 0 radical (unpaired) electrons. The molecular formula is C16H29NS2. The van der Waals surface area contributed by atoms with Crippen molar-refractivity contribution < 1.29 is 0 Å². The second-order valence-electron chi connectivity index (χ2n) is 5.57. The van der Waals surface area contributed by atoms with Crippen LogP contribution in [0.3, 0.4) is 0 Å². The van der Waals surface area contributed by atoms with E-state index in [0.717, 1.165) is 17.0 Å². The fraction of sp³-hybridized carbons (Fsp3) is 0.875. The Hall–Kier alpha value is 0.400. The van der Waals surface area contributed by atoms with E-state index in [1.54, 1.807) is 5.57 Å². The predicted molar refractivity (Wildman–Crippen MR) is 91.4 cm³/mol. The Kier molecular flexibility index (Phi) is 7.17. The van der Waals surface area contributed by atoms with Crippen molar-refractivity contribution in [3.8, 4) is 0 Å². The summed E-state index contributed by atoms with van der Waals surface area (Å²) in [5.41, 5.74) is 1.72. The van der Waals surface area contributed by atoms with Crippen LogP contribution in [-0.4, -0.2) is 34.6 Å². The molecule has 1 nitrogen and oxygen atoms in total. The van der Waals surface area contributed by atoms with Gasteiger partial charge in [0.25, 0.3) is 0 Å². The molecule has 1 saturated heterocycles. The lowest BCUT2D eigenvalue weighted by Gasteiger charge is -2.37. The number of hydrogen-bond donors (Lipinski definition) is 1. The van der Waals surface area contributed by atoms with Gasteiger partial charge in [-0.15, -0.1) is 0 Å². The van der Waals surface area contributed by atoms with Crippen molar-refractivity contribution in [1.82, 2.24) is 5.32 Å². The number of nitrogens with one attached hydrogen (secondary N) is 1. The predicted octanol–water partition coefficient (Wildman–Crippen LogP) is 4.48. The van der Waals surface area contributed by atoms with Crippen LogP contribution in [0.2, 0.25) is 0 Å². The first-order chi connectivity index (χ1) is 9.36. The first-order valence-electron chi connectivity index (χ1n) is 8.02. The molecule has 1 aliphatic heterocycles. The molecular weight excluding hydrogens is 270 g/mol. The molecule has 0 aromatic rings. The van der Waals surface area contributed by atoms with E-state index in [-0.39, 0.29) is 0 Å². The van der Waals surface area contributed by atoms with Crippen LogP contribution in [-0.2, 0) is 0 Å². The van der Waals surface area contributed by atoms with Gasteiger partial charge in [0.05, 0.1) is 0 Å². The first kappa shape index (κ1) is 15.8. The summed E-state index contributed by atoms with van der Waals surface area (Å²) in [5.74, 6) is 2.68. The molecule has 1 fully saturated rings. The van der Waals surface area contributed by atoms with Gasteiger partial charge in [0.1, 0.15) is 0 Å². The van der Waals surface area contributed by atoms with E-state index in [9.17, 15) is 0 Å². The van der Waals surface area contributed by atoms with E-state index < -0.39 is 0 Å². The summed E-state index contributed by atoms with van der Waals surface area (Å²) in [6, 6.07) is 0.630. The molecule has 3 atom stereocenters. The lowest BCUT2D eigenvalue weighted by Crippen LogP contribution is -2.46. The third kappa shape index (κ3) is 4.44. The molecule has 0 bridgehead atoms. The monoisotopic (exact) mass is 299 g/mol. The Morgan fingerprint density at radius 2 is 2.05 bits per heavy atom. The van der Waals surface area contributed by atoms with Crippen LogP contribution in [0.1, 0.15) is 52.4 Å². The van der Waals surface area contributed by atoms with Gasteiger partial charge in [-0.25, -0.2) is 0 Å². The van der Waals surface area contributed by atoms with Crippen LogP contribution in [0.15, 0.2) is 11.6 Å². The Labute approximate surface area is 127 Å². The van der Waals surface area contributed by atoms with Gasteiger partial charge in [-0.1, -0.05) is 31.9 Å². The second kappa shape index (κ2) is 8.63. The van der Waals surface area contributed by atoms with Gasteiger partial charge in [0.15, 0.2) is 0 Å². The van der Waals surface area contributed by atoms with Crippen LogP contribution < -0.4 is 5.32 Å². The number of hydrogen-bond acceptors (Lipinski definition) is 3. The normalized spacial score (nSPS) is 30.5. The molecule has 0 aromatic heterocycles.